The first-order valence-corrected chi connectivity index (χ1v) is 8.31. The van der Waals surface area contributed by atoms with Crippen LogP contribution in [0.3, 0.4) is 0 Å². The van der Waals surface area contributed by atoms with Crippen molar-refractivity contribution in [3.8, 4) is 0 Å². The summed E-state index contributed by atoms with van der Waals surface area (Å²) >= 11 is 0. The normalized spacial score (nSPS) is 17.4. The Hall–Kier alpha value is -2.83. The van der Waals surface area contributed by atoms with Gasteiger partial charge in [-0.1, -0.05) is 18.2 Å². The second-order valence-electron chi connectivity index (χ2n) is 6.59. The quantitative estimate of drug-likeness (QED) is 0.808. The fourth-order valence-corrected chi connectivity index (χ4v) is 2.92. The average Bonchev–Trinajstić information content (AvgIpc) is 3.11. The van der Waals surface area contributed by atoms with Crippen molar-refractivity contribution in [2.24, 2.45) is 0 Å². The molecule has 132 valence electrons. The summed E-state index contributed by atoms with van der Waals surface area (Å²) in [6.07, 6.45) is 2.24. The molecule has 1 aromatic heterocycles. The van der Waals surface area contributed by atoms with E-state index in [0.29, 0.717) is 6.42 Å². The highest BCUT2D eigenvalue weighted by Gasteiger charge is 2.39. The molecule has 0 bridgehead atoms. The zero-order valence-corrected chi connectivity index (χ0v) is 14.6. The molecular weight excluding hydrogens is 320 g/mol. The fourth-order valence-electron chi connectivity index (χ4n) is 2.92. The second kappa shape index (κ2) is 6.58. The SMILES string of the molecule is CC(C)N(C)C(=O)CN1C(=O)N[C@H](Cc2c[nH]c3ccccc23)C1=O. The summed E-state index contributed by atoms with van der Waals surface area (Å²) in [5, 5.41) is 3.71. The molecule has 1 aromatic carbocycles. The Morgan fingerprint density at radius 2 is 2.00 bits per heavy atom. The average molecular weight is 342 g/mol. The monoisotopic (exact) mass is 342 g/mol. The smallest absolute Gasteiger partial charge is 0.325 e. The number of nitrogens with zero attached hydrogens (tertiary/aromatic N) is 2. The van der Waals surface area contributed by atoms with Crippen LogP contribution < -0.4 is 5.32 Å². The summed E-state index contributed by atoms with van der Waals surface area (Å²) in [5.74, 6) is -0.618. The van der Waals surface area contributed by atoms with Crippen LogP contribution in [0.4, 0.5) is 4.79 Å². The number of aromatic nitrogens is 1. The first kappa shape index (κ1) is 17.0. The summed E-state index contributed by atoms with van der Waals surface area (Å²) in [7, 11) is 1.66. The zero-order chi connectivity index (χ0) is 18.1. The Balaban J connectivity index is 1.72. The number of carbonyl (C=O) groups excluding carboxylic acids is 3. The van der Waals surface area contributed by atoms with Crippen LogP contribution in [0.2, 0.25) is 0 Å². The van der Waals surface area contributed by atoms with Gasteiger partial charge in [0.2, 0.25) is 5.91 Å². The first-order chi connectivity index (χ1) is 11.9. The summed E-state index contributed by atoms with van der Waals surface area (Å²) in [4.78, 5) is 42.6. The molecule has 1 atom stereocenters. The number of imide groups is 1. The first-order valence-electron chi connectivity index (χ1n) is 8.31. The third kappa shape index (κ3) is 3.22. The number of carbonyl (C=O) groups is 3. The van der Waals surface area contributed by atoms with Crippen molar-refractivity contribution in [3.63, 3.8) is 0 Å². The van der Waals surface area contributed by atoms with Gasteiger partial charge in [0.25, 0.3) is 5.91 Å². The van der Waals surface area contributed by atoms with E-state index in [9.17, 15) is 14.4 Å². The third-order valence-electron chi connectivity index (χ3n) is 4.67. The Morgan fingerprint density at radius 1 is 1.28 bits per heavy atom. The molecule has 0 aliphatic carbocycles. The van der Waals surface area contributed by atoms with Crippen molar-refractivity contribution in [1.29, 1.82) is 0 Å². The maximum Gasteiger partial charge on any atom is 0.325 e. The van der Waals surface area contributed by atoms with Gasteiger partial charge in [0.1, 0.15) is 12.6 Å². The van der Waals surface area contributed by atoms with E-state index in [2.05, 4.69) is 10.3 Å². The highest BCUT2D eigenvalue weighted by Crippen LogP contribution is 2.21. The molecule has 4 amide bonds. The lowest BCUT2D eigenvalue weighted by atomic mass is 10.1. The molecule has 25 heavy (non-hydrogen) atoms. The third-order valence-corrected chi connectivity index (χ3v) is 4.67. The lowest BCUT2D eigenvalue weighted by Gasteiger charge is -2.23. The second-order valence-corrected chi connectivity index (χ2v) is 6.59. The molecule has 2 N–H and O–H groups in total. The van der Waals surface area contributed by atoms with E-state index in [-0.39, 0.29) is 24.4 Å². The molecular formula is C18H22N4O3. The maximum absolute atomic E-state index is 12.6. The van der Waals surface area contributed by atoms with E-state index in [1.807, 2.05) is 44.3 Å². The molecule has 1 saturated heterocycles. The van der Waals surface area contributed by atoms with Gasteiger partial charge in [-0.25, -0.2) is 4.79 Å². The fraction of sp³-hybridized carbons (Fsp3) is 0.389. The van der Waals surface area contributed by atoms with Crippen molar-refractivity contribution < 1.29 is 14.4 Å². The van der Waals surface area contributed by atoms with Crippen LogP contribution >= 0.6 is 0 Å². The number of rotatable bonds is 5. The lowest BCUT2D eigenvalue weighted by Crippen LogP contribution is -2.44. The van der Waals surface area contributed by atoms with Crippen molar-refractivity contribution >= 4 is 28.7 Å². The minimum absolute atomic E-state index is 0.00952. The number of hydrogen-bond acceptors (Lipinski definition) is 3. The number of fused-ring (bicyclic) bond motifs is 1. The Kier molecular flexibility index (Phi) is 4.48. The largest absolute Gasteiger partial charge is 0.361 e. The predicted molar refractivity (Wildman–Crippen MR) is 93.9 cm³/mol. The molecule has 2 heterocycles. The molecule has 0 radical (unpaired) electrons. The number of urea groups is 1. The van der Waals surface area contributed by atoms with Crippen molar-refractivity contribution in [3.05, 3.63) is 36.0 Å². The molecule has 0 unspecified atom stereocenters. The van der Waals surface area contributed by atoms with Gasteiger partial charge in [-0.15, -0.1) is 0 Å². The van der Waals surface area contributed by atoms with Gasteiger partial charge in [-0.2, -0.15) is 0 Å². The topological polar surface area (TPSA) is 85.5 Å². The number of likely N-dealkylation sites (N-methyl/N-ethyl adjacent to an activating group) is 1. The van der Waals surface area contributed by atoms with Crippen LogP contribution in [-0.2, 0) is 16.0 Å². The predicted octanol–water partition coefficient (Wildman–Crippen LogP) is 1.50. The van der Waals surface area contributed by atoms with Gasteiger partial charge in [0.05, 0.1) is 0 Å². The molecule has 1 aliphatic rings. The van der Waals surface area contributed by atoms with E-state index in [1.165, 1.54) is 4.90 Å². The van der Waals surface area contributed by atoms with Crippen molar-refractivity contribution in [1.82, 2.24) is 20.1 Å². The van der Waals surface area contributed by atoms with E-state index >= 15 is 0 Å². The summed E-state index contributed by atoms with van der Waals surface area (Å²) < 4.78 is 0. The standard InChI is InChI=1S/C18H22N4O3/c1-11(2)21(3)16(23)10-22-17(24)15(20-18(22)25)8-12-9-19-14-7-5-4-6-13(12)14/h4-7,9,11,15,19H,8,10H2,1-3H3,(H,20,25)/t15-/m1/s1. The number of para-hydroxylation sites is 1. The van der Waals surface area contributed by atoms with Crippen LogP contribution in [0, 0.1) is 0 Å². The van der Waals surface area contributed by atoms with Gasteiger partial charge < -0.3 is 15.2 Å². The molecule has 7 nitrogen and oxygen atoms in total. The highest BCUT2D eigenvalue weighted by atomic mass is 16.2. The number of nitrogens with one attached hydrogen (secondary N) is 2. The number of H-pyrrole nitrogens is 1. The Bertz CT molecular complexity index is 827. The molecule has 1 aliphatic heterocycles. The number of hydrogen-bond donors (Lipinski definition) is 2. The van der Waals surface area contributed by atoms with Gasteiger partial charge in [-0.3, -0.25) is 14.5 Å². The molecule has 2 aromatic rings. The zero-order valence-electron chi connectivity index (χ0n) is 14.6. The van der Waals surface area contributed by atoms with Crippen LogP contribution in [0.1, 0.15) is 19.4 Å². The van der Waals surface area contributed by atoms with E-state index in [0.717, 1.165) is 21.4 Å². The molecule has 0 spiro atoms. The maximum atomic E-state index is 12.6. The molecule has 3 rings (SSSR count). The van der Waals surface area contributed by atoms with E-state index in [4.69, 9.17) is 0 Å². The molecule has 1 fully saturated rings. The van der Waals surface area contributed by atoms with Gasteiger partial charge in [0, 0.05) is 36.6 Å². The highest BCUT2D eigenvalue weighted by molar-refractivity contribution is 6.06. The minimum atomic E-state index is -0.649. The van der Waals surface area contributed by atoms with Crippen LogP contribution in [0.15, 0.2) is 30.5 Å². The van der Waals surface area contributed by atoms with E-state index in [1.54, 1.807) is 7.05 Å². The summed E-state index contributed by atoms with van der Waals surface area (Å²) in [6.45, 7) is 3.52. The number of amides is 4. The number of aromatic amines is 1. The lowest BCUT2D eigenvalue weighted by molar-refractivity contribution is -0.137. The van der Waals surface area contributed by atoms with Gasteiger partial charge in [0.15, 0.2) is 0 Å². The van der Waals surface area contributed by atoms with Crippen LogP contribution in [0.25, 0.3) is 10.9 Å². The summed E-state index contributed by atoms with van der Waals surface area (Å²) in [5.41, 5.74) is 1.95. The Morgan fingerprint density at radius 3 is 2.72 bits per heavy atom. The van der Waals surface area contributed by atoms with Crippen molar-refractivity contribution in [2.45, 2.75) is 32.4 Å². The Labute approximate surface area is 146 Å². The van der Waals surface area contributed by atoms with Crippen molar-refractivity contribution in [2.75, 3.05) is 13.6 Å². The number of benzene rings is 1. The molecule has 7 heteroatoms. The van der Waals surface area contributed by atoms with Gasteiger partial charge >= 0.3 is 6.03 Å². The minimum Gasteiger partial charge on any atom is -0.361 e. The summed E-state index contributed by atoms with van der Waals surface area (Å²) in [6, 6.07) is 6.65. The van der Waals surface area contributed by atoms with E-state index < -0.39 is 12.1 Å². The van der Waals surface area contributed by atoms with Crippen LogP contribution in [0.5, 0.6) is 0 Å². The van der Waals surface area contributed by atoms with Crippen LogP contribution in [-0.4, -0.2) is 58.3 Å². The molecule has 0 saturated carbocycles. The van der Waals surface area contributed by atoms with Gasteiger partial charge in [-0.05, 0) is 25.5 Å².